The molecule has 0 unspecified atom stereocenters. The van der Waals surface area contributed by atoms with Crippen molar-refractivity contribution in [1.82, 2.24) is 19.9 Å². The van der Waals surface area contributed by atoms with Crippen LogP contribution in [0, 0.1) is 5.92 Å². The zero-order valence-electron chi connectivity index (χ0n) is 34.4. The molecule has 1 saturated heterocycles. The average molecular weight is 881 g/mol. The molecular formula is C56H42BrN5O. The van der Waals surface area contributed by atoms with E-state index in [1.54, 1.807) is 0 Å². The molecular weight excluding hydrogens is 839 g/mol. The number of hydrogen-bond acceptors (Lipinski definition) is 4. The number of nitrogens with one attached hydrogen (secondary N) is 3. The van der Waals surface area contributed by atoms with Crippen molar-refractivity contribution in [3.05, 3.63) is 197 Å². The molecule has 4 aliphatic rings. The number of benzene rings is 5. The monoisotopic (exact) mass is 879 g/mol. The van der Waals surface area contributed by atoms with Crippen molar-refractivity contribution in [3.63, 3.8) is 0 Å². The van der Waals surface area contributed by atoms with Crippen molar-refractivity contribution >= 4 is 67.5 Å². The average Bonchev–Trinajstić information content (AvgIpc) is 4.18. The molecule has 63 heavy (non-hydrogen) atoms. The lowest BCUT2D eigenvalue weighted by Crippen LogP contribution is -2.41. The second-order valence-electron chi connectivity index (χ2n) is 16.6. The van der Waals surface area contributed by atoms with E-state index in [4.69, 9.17) is 14.7 Å². The lowest BCUT2D eigenvalue weighted by atomic mass is 9.76. The highest BCUT2D eigenvalue weighted by Gasteiger charge is 2.42. The molecule has 1 fully saturated rings. The maximum absolute atomic E-state index is 6.73. The Morgan fingerprint density at radius 2 is 1.02 bits per heavy atom. The molecule has 3 N–H and O–H groups in total. The highest BCUT2D eigenvalue weighted by atomic mass is 79.9. The van der Waals surface area contributed by atoms with Gasteiger partial charge in [-0.3, -0.25) is 0 Å². The van der Waals surface area contributed by atoms with Crippen molar-refractivity contribution in [2.45, 2.75) is 25.0 Å². The third-order valence-corrected chi connectivity index (χ3v) is 13.4. The van der Waals surface area contributed by atoms with E-state index in [-0.39, 0.29) is 18.1 Å². The molecule has 7 heterocycles. The first-order chi connectivity index (χ1) is 31.1. The van der Waals surface area contributed by atoms with Gasteiger partial charge in [-0.2, -0.15) is 0 Å². The van der Waals surface area contributed by atoms with E-state index in [1.165, 1.54) is 5.56 Å². The summed E-state index contributed by atoms with van der Waals surface area (Å²) in [6.45, 7) is 0.743. The molecule has 12 rings (SSSR count). The molecule has 0 aliphatic carbocycles. The summed E-state index contributed by atoms with van der Waals surface area (Å²) in [7, 11) is 0. The largest absolute Gasteiger partial charge is 0.377 e. The molecule has 7 heteroatoms. The van der Waals surface area contributed by atoms with Crippen LogP contribution < -0.4 is 5.32 Å². The first-order valence-electron chi connectivity index (χ1n) is 21.7. The summed E-state index contributed by atoms with van der Waals surface area (Å²) in [5, 5.41) is 4.07. The van der Waals surface area contributed by atoms with E-state index < -0.39 is 0 Å². The molecule has 0 saturated carbocycles. The van der Waals surface area contributed by atoms with Gasteiger partial charge in [-0.1, -0.05) is 137 Å². The summed E-state index contributed by atoms with van der Waals surface area (Å²) in [4.78, 5) is 19.2. The number of hydrogen-bond donors (Lipinski definition) is 3. The normalized spacial score (nSPS) is 17.7. The maximum Gasteiger partial charge on any atom is 0.0896 e. The fraction of sp³-hybridized carbons (Fsp3) is 0.107. The van der Waals surface area contributed by atoms with Crippen LogP contribution in [0.2, 0.25) is 0 Å². The number of H-pyrrole nitrogens is 2. The van der Waals surface area contributed by atoms with Gasteiger partial charge in [0.25, 0.3) is 0 Å². The minimum Gasteiger partial charge on any atom is -0.377 e. The molecule has 0 amide bonds. The lowest BCUT2D eigenvalue weighted by molar-refractivity contribution is -0.0322. The van der Waals surface area contributed by atoms with Crippen LogP contribution >= 0.6 is 15.9 Å². The molecule has 5 aromatic carbocycles. The highest BCUT2D eigenvalue weighted by Crippen LogP contribution is 2.50. The van der Waals surface area contributed by atoms with Gasteiger partial charge in [0.2, 0.25) is 0 Å². The second kappa shape index (κ2) is 15.7. The number of aromatic amines is 2. The predicted molar refractivity (Wildman–Crippen MR) is 263 cm³/mol. The molecule has 4 aliphatic heterocycles. The Bertz CT molecular complexity index is 3280. The van der Waals surface area contributed by atoms with Crippen LogP contribution in [0.25, 0.3) is 90.4 Å². The van der Waals surface area contributed by atoms with Gasteiger partial charge in [0.1, 0.15) is 0 Å². The molecule has 304 valence electrons. The highest BCUT2D eigenvalue weighted by molar-refractivity contribution is 9.10. The van der Waals surface area contributed by atoms with Gasteiger partial charge in [0.15, 0.2) is 0 Å². The number of fused-ring (bicyclic) bond motifs is 11. The third-order valence-electron chi connectivity index (χ3n) is 12.9. The van der Waals surface area contributed by atoms with Crippen molar-refractivity contribution in [1.29, 1.82) is 0 Å². The molecule has 0 radical (unpaired) electrons. The summed E-state index contributed by atoms with van der Waals surface area (Å²) >= 11 is 3.76. The van der Waals surface area contributed by atoms with Gasteiger partial charge in [-0.15, -0.1) is 0 Å². The molecule has 6 nitrogen and oxygen atoms in total. The van der Waals surface area contributed by atoms with Crippen LogP contribution in [0.15, 0.2) is 168 Å². The molecule has 0 spiro atoms. The van der Waals surface area contributed by atoms with Crippen molar-refractivity contribution < 1.29 is 4.74 Å². The van der Waals surface area contributed by atoms with Crippen molar-refractivity contribution in [3.8, 4) is 44.5 Å². The van der Waals surface area contributed by atoms with E-state index in [0.29, 0.717) is 0 Å². The molecule has 3 aromatic heterocycles. The van der Waals surface area contributed by atoms with Gasteiger partial charge in [0, 0.05) is 78.1 Å². The standard InChI is InChI=1S/C56H42BrN5O/c57-38-23-24-42-40(32-38)56-39(22-13-31-63-56)54(61-42)41-33-49-52(36-18-9-3-10-19-36)47-28-27-45(59-47)50(34-14-5-1-6-15-34)43-25-26-44(58-43)51(35-16-7-2-8-17-35)46-29-30-48(60-46)53(55(41)62-49)37-20-11-4-12-21-37/h1-12,14-21,23-30,32-33,39,54,56,59-61H,13,22,31H2/t39-,54-,56-/m1/s1. The zero-order chi connectivity index (χ0) is 41.9. The Hall–Kier alpha value is -7.06. The van der Waals surface area contributed by atoms with Crippen LogP contribution in [0.4, 0.5) is 5.69 Å². The third kappa shape index (κ3) is 6.67. The summed E-state index contributed by atoms with van der Waals surface area (Å²) < 4.78 is 7.78. The van der Waals surface area contributed by atoms with Crippen molar-refractivity contribution in [2.75, 3.05) is 11.9 Å². The van der Waals surface area contributed by atoms with Crippen LogP contribution in [0.3, 0.4) is 0 Å². The van der Waals surface area contributed by atoms with Gasteiger partial charge in [-0.25, -0.2) is 9.97 Å². The maximum atomic E-state index is 6.73. The molecule has 3 atom stereocenters. The molecule has 8 aromatic rings. The Labute approximate surface area is 374 Å². The van der Waals surface area contributed by atoms with Gasteiger partial charge >= 0.3 is 0 Å². The number of halogens is 1. The Kier molecular flexibility index (Phi) is 9.38. The van der Waals surface area contributed by atoms with Crippen LogP contribution in [0.5, 0.6) is 0 Å². The summed E-state index contributed by atoms with van der Waals surface area (Å²) in [6.07, 6.45) is 8.63. The van der Waals surface area contributed by atoms with Crippen LogP contribution in [-0.2, 0) is 4.74 Å². The number of aromatic nitrogens is 4. The van der Waals surface area contributed by atoms with Gasteiger partial charge < -0.3 is 20.0 Å². The second-order valence-corrected chi connectivity index (χ2v) is 17.6. The van der Waals surface area contributed by atoms with Crippen molar-refractivity contribution in [2.24, 2.45) is 5.92 Å². The number of rotatable bonds is 5. The zero-order valence-corrected chi connectivity index (χ0v) is 35.9. The van der Waals surface area contributed by atoms with Crippen LogP contribution in [-0.4, -0.2) is 32.6 Å². The fourth-order valence-corrected chi connectivity index (χ4v) is 10.5. The van der Waals surface area contributed by atoms with Gasteiger partial charge in [0.05, 0.1) is 34.9 Å². The first kappa shape index (κ1) is 37.7. The minimum absolute atomic E-state index is 0.0529. The SMILES string of the molecule is Brc1ccc2c(c1)[C@@H]1OCCC[C@@H]1[C@H](C1=Cc3nc1c(-c1ccccc1)c1ccc([nH]1)c(-c1ccccc1)c1nc(c(-c4ccccc4)c4ccc([nH]4)c3-c3ccccc3)C=C1)N2. The number of nitrogens with zero attached hydrogens (tertiary/aromatic N) is 2. The first-order valence-corrected chi connectivity index (χ1v) is 22.5. The Morgan fingerprint density at radius 1 is 0.524 bits per heavy atom. The van der Waals surface area contributed by atoms with Crippen LogP contribution in [0.1, 0.15) is 47.3 Å². The topological polar surface area (TPSA) is 78.6 Å². The van der Waals surface area contributed by atoms with E-state index in [0.717, 1.165) is 125 Å². The fourth-order valence-electron chi connectivity index (χ4n) is 10.1. The van der Waals surface area contributed by atoms with E-state index in [2.05, 4.69) is 213 Å². The molecule has 8 bridgehead atoms. The summed E-state index contributed by atoms with van der Waals surface area (Å²) in [5.74, 6) is 0.178. The van der Waals surface area contributed by atoms with E-state index in [9.17, 15) is 0 Å². The van der Waals surface area contributed by atoms with E-state index in [1.807, 2.05) is 0 Å². The quantitative estimate of drug-likeness (QED) is 0.161. The number of anilines is 1. The Balaban J connectivity index is 1.24. The predicted octanol–water partition coefficient (Wildman–Crippen LogP) is 14.4. The lowest BCUT2D eigenvalue weighted by Gasteiger charge is -2.43. The Morgan fingerprint density at radius 3 is 1.56 bits per heavy atom. The minimum atomic E-state index is -0.0808. The summed E-state index contributed by atoms with van der Waals surface area (Å²) in [6, 6.07) is 57.8. The summed E-state index contributed by atoms with van der Waals surface area (Å²) in [5.41, 5.74) is 19.4. The van der Waals surface area contributed by atoms with E-state index >= 15 is 0 Å². The number of ether oxygens (including phenoxy) is 1. The van der Waals surface area contributed by atoms with Gasteiger partial charge in [-0.05, 0) is 95.8 Å². The smallest absolute Gasteiger partial charge is 0.0896 e.